The molecule has 0 unspecified atom stereocenters. The molecule has 7 heteroatoms. The molecule has 0 aliphatic rings. The number of hydrogen-bond acceptors (Lipinski definition) is 3. The highest BCUT2D eigenvalue weighted by molar-refractivity contribution is 7.87. The van der Waals surface area contributed by atoms with Crippen molar-refractivity contribution in [2.24, 2.45) is 0 Å². The Bertz CT molecular complexity index is 536. The van der Waals surface area contributed by atoms with E-state index in [2.05, 4.69) is 10.0 Å². The molecular formula is C13H21N3O3S. The Morgan fingerprint density at radius 3 is 2.15 bits per heavy atom. The molecule has 1 aromatic rings. The average molecular weight is 299 g/mol. The summed E-state index contributed by atoms with van der Waals surface area (Å²) in [5.41, 5.74) is 1.52. The Morgan fingerprint density at radius 1 is 1.15 bits per heavy atom. The second kappa shape index (κ2) is 7.37. The van der Waals surface area contributed by atoms with Crippen LogP contribution in [0.15, 0.2) is 24.3 Å². The Hall–Kier alpha value is -1.44. The highest BCUT2D eigenvalue weighted by Crippen LogP contribution is 2.10. The SMILES string of the molecule is CCN(CC)S(=O)(=O)NCc1ccc(NC(C)=O)cc1. The minimum Gasteiger partial charge on any atom is -0.326 e. The van der Waals surface area contributed by atoms with E-state index in [1.165, 1.54) is 11.2 Å². The molecular weight excluding hydrogens is 278 g/mol. The summed E-state index contributed by atoms with van der Waals surface area (Å²) in [5.74, 6) is -0.139. The molecule has 6 nitrogen and oxygen atoms in total. The van der Waals surface area contributed by atoms with E-state index in [1.807, 2.05) is 0 Å². The monoisotopic (exact) mass is 299 g/mol. The van der Waals surface area contributed by atoms with Crippen LogP contribution < -0.4 is 10.0 Å². The van der Waals surface area contributed by atoms with Crippen LogP contribution in [-0.4, -0.2) is 31.7 Å². The van der Waals surface area contributed by atoms with E-state index in [9.17, 15) is 13.2 Å². The van der Waals surface area contributed by atoms with Crippen molar-refractivity contribution < 1.29 is 13.2 Å². The summed E-state index contributed by atoms with van der Waals surface area (Å²) in [6, 6.07) is 7.02. The lowest BCUT2D eigenvalue weighted by Gasteiger charge is -2.18. The third-order valence-corrected chi connectivity index (χ3v) is 4.48. The van der Waals surface area contributed by atoms with Gasteiger partial charge in [-0.05, 0) is 17.7 Å². The molecule has 0 saturated carbocycles. The van der Waals surface area contributed by atoms with Crippen LogP contribution in [0.1, 0.15) is 26.3 Å². The molecule has 0 spiro atoms. The Balaban J connectivity index is 2.64. The standard InChI is InChI=1S/C13H21N3O3S/c1-4-16(5-2)20(18,19)14-10-12-6-8-13(9-7-12)15-11(3)17/h6-9,14H,4-5,10H2,1-3H3,(H,15,17). The number of amides is 1. The Kier molecular flexibility index (Phi) is 6.12. The zero-order valence-electron chi connectivity index (χ0n) is 12.0. The summed E-state index contributed by atoms with van der Waals surface area (Å²) in [4.78, 5) is 10.9. The lowest BCUT2D eigenvalue weighted by molar-refractivity contribution is -0.114. The zero-order chi connectivity index (χ0) is 15.2. The van der Waals surface area contributed by atoms with Gasteiger partial charge in [0.2, 0.25) is 5.91 Å². The Labute approximate surface area is 120 Å². The largest absolute Gasteiger partial charge is 0.326 e. The molecule has 0 aromatic heterocycles. The second-order valence-electron chi connectivity index (χ2n) is 4.29. The van der Waals surface area contributed by atoms with E-state index in [0.29, 0.717) is 18.8 Å². The van der Waals surface area contributed by atoms with Crippen LogP contribution in [-0.2, 0) is 21.5 Å². The number of anilines is 1. The number of carbonyl (C=O) groups excluding carboxylic acids is 1. The van der Waals surface area contributed by atoms with Crippen LogP contribution in [0.25, 0.3) is 0 Å². The predicted octanol–water partition coefficient (Wildman–Crippen LogP) is 1.32. The van der Waals surface area contributed by atoms with Gasteiger partial charge >= 0.3 is 0 Å². The molecule has 0 aliphatic heterocycles. The first kappa shape index (κ1) is 16.6. The molecule has 0 fully saturated rings. The van der Waals surface area contributed by atoms with Gasteiger partial charge in [-0.15, -0.1) is 0 Å². The van der Waals surface area contributed by atoms with Crippen molar-refractivity contribution in [3.63, 3.8) is 0 Å². The minimum absolute atomic E-state index is 0.139. The van der Waals surface area contributed by atoms with E-state index >= 15 is 0 Å². The van der Waals surface area contributed by atoms with E-state index < -0.39 is 10.2 Å². The molecule has 0 saturated heterocycles. The first-order valence-electron chi connectivity index (χ1n) is 6.50. The first-order chi connectivity index (χ1) is 9.39. The van der Waals surface area contributed by atoms with Crippen LogP contribution >= 0.6 is 0 Å². The summed E-state index contributed by atoms with van der Waals surface area (Å²) in [6.45, 7) is 6.13. The zero-order valence-corrected chi connectivity index (χ0v) is 12.8. The molecule has 1 amide bonds. The number of nitrogens with zero attached hydrogens (tertiary/aromatic N) is 1. The number of hydrogen-bond donors (Lipinski definition) is 2. The fourth-order valence-corrected chi connectivity index (χ4v) is 2.95. The molecule has 112 valence electrons. The van der Waals surface area contributed by atoms with Gasteiger partial charge in [0.1, 0.15) is 0 Å². The third-order valence-electron chi connectivity index (χ3n) is 2.78. The molecule has 20 heavy (non-hydrogen) atoms. The summed E-state index contributed by atoms with van der Waals surface area (Å²) in [6.07, 6.45) is 0. The van der Waals surface area contributed by atoms with Crippen molar-refractivity contribution >= 4 is 21.8 Å². The number of carbonyl (C=O) groups is 1. The Morgan fingerprint density at radius 2 is 1.70 bits per heavy atom. The summed E-state index contributed by atoms with van der Waals surface area (Å²) in [5, 5.41) is 2.66. The fraction of sp³-hybridized carbons (Fsp3) is 0.462. The van der Waals surface area contributed by atoms with E-state index in [4.69, 9.17) is 0 Å². The van der Waals surface area contributed by atoms with Crippen LogP contribution in [0.2, 0.25) is 0 Å². The highest BCUT2D eigenvalue weighted by atomic mass is 32.2. The maximum Gasteiger partial charge on any atom is 0.279 e. The van der Waals surface area contributed by atoms with Gasteiger partial charge in [0.15, 0.2) is 0 Å². The quantitative estimate of drug-likeness (QED) is 0.797. The molecule has 1 aromatic carbocycles. The van der Waals surface area contributed by atoms with E-state index in [-0.39, 0.29) is 12.5 Å². The smallest absolute Gasteiger partial charge is 0.279 e. The second-order valence-corrected chi connectivity index (χ2v) is 6.04. The van der Waals surface area contributed by atoms with Crippen LogP contribution in [0.5, 0.6) is 0 Å². The van der Waals surface area contributed by atoms with Gasteiger partial charge in [0.05, 0.1) is 0 Å². The molecule has 0 bridgehead atoms. The van der Waals surface area contributed by atoms with Crippen molar-refractivity contribution in [3.8, 4) is 0 Å². The summed E-state index contributed by atoms with van der Waals surface area (Å²) < 4.78 is 27.8. The van der Waals surface area contributed by atoms with Crippen molar-refractivity contribution in [3.05, 3.63) is 29.8 Å². The van der Waals surface area contributed by atoms with Crippen molar-refractivity contribution in [1.29, 1.82) is 0 Å². The number of benzene rings is 1. The van der Waals surface area contributed by atoms with Crippen LogP contribution in [0.4, 0.5) is 5.69 Å². The molecule has 1 rings (SSSR count). The van der Waals surface area contributed by atoms with Gasteiger partial charge in [-0.2, -0.15) is 17.4 Å². The topological polar surface area (TPSA) is 78.5 Å². The summed E-state index contributed by atoms with van der Waals surface area (Å²) in [7, 11) is -3.44. The predicted molar refractivity (Wildman–Crippen MR) is 79.4 cm³/mol. The maximum absolute atomic E-state index is 11.9. The van der Waals surface area contributed by atoms with Gasteiger partial charge in [0, 0.05) is 32.2 Å². The molecule has 0 aliphatic carbocycles. The number of rotatable bonds is 7. The molecule has 0 heterocycles. The van der Waals surface area contributed by atoms with Crippen molar-refractivity contribution in [2.45, 2.75) is 27.3 Å². The highest BCUT2D eigenvalue weighted by Gasteiger charge is 2.17. The van der Waals surface area contributed by atoms with E-state index in [1.54, 1.807) is 38.1 Å². The molecule has 0 atom stereocenters. The number of nitrogens with one attached hydrogen (secondary N) is 2. The first-order valence-corrected chi connectivity index (χ1v) is 7.94. The molecule has 0 radical (unpaired) electrons. The van der Waals surface area contributed by atoms with Gasteiger partial charge in [0.25, 0.3) is 10.2 Å². The minimum atomic E-state index is -3.44. The normalized spacial score (nSPS) is 11.6. The van der Waals surface area contributed by atoms with Gasteiger partial charge in [-0.3, -0.25) is 4.79 Å². The van der Waals surface area contributed by atoms with Gasteiger partial charge in [-0.1, -0.05) is 26.0 Å². The van der Waals surface area contributed by atoms with Crippen molar-refractivity contribution in [2.75, 3.05) is 18.4 Å². The maximum atomic E-state index is 11.9. The third kappa shape index (κ3) is 4.92. The van der Waals surface area contributed by atoms with Gasteiger partial charge < -0.3 is 5.32 Å². The van der Waals surface area contributed by atoms with Crippen LogP contribution in [0.3, 0.4) is 0 Å². The fourth-order valence-electron chi connectivity index (χ4n) is 1.74. The molecule has 2 N–H and O–H groups in total. The average Bonchev–Trinajstić information content (AvgIpc) is 2.38. The lowest BCUT2D eigenvalue weighted by atomic mass is 10.2. The van der Waals surface area contributed by atoms with Gasteiger partial charge in [-0.25, -0.2) is 0 Å². The summed E-state index contributed by atoms with van der Waals surface area (Å²) >= 11 is 0. The lowest BCUT2D eigenvalue weighted by Crippen LogP contribution is -2.40. The van der Waals surface area contributed by atoms with E-state index in [0.717, 1.165) is 5.56 Å². The van der Waals surface area contributed by atoms with Crippen LogP contribution in [0, 0.1) is 0 Å². The van der Waals surface area contributed by atoms with Crippen molar-refractivity contribution in [1.82, 2.24) is 9.03 Å².